The van der Waals surface area contributed by atoms with Gasteiger partial charge >= 0.3 is 11.9 Å². The van der Waals surface area contributed by atoms with Crippen LogP contribution in [-0.4, -0.2) is 57.3 Å². The Labute approximate surface area is 174 Å². The summed E-state index contributed by atoms with van der Waals surface area (Å²) < 4.78 is 5.41. The summed E-state index contributed by atoms with van der Waals surface area (Å²) >= 11 is 0. The number of aliphatic hydroxyl groups excluding tert-OH is 1. The highest BCUT2D eigenvalue weighted by molar-refractivity contribution is 5.88. The van der Waals surface area contributed by atoms with Gasteiger partial charge in [-0.3, -0.25) is 9.59 Å². The Hall–Kier alpha value is -1.89. The molecule has 0 bridgehead atoms. The lowest BCUT2D eigenvalue weighted by molar-refractivity contribution is -0.160. The molecular formula is C22H37NO6. The summed E-state index contributed by atoms with van der Waals surface area (Å²) in [5, 5.41) is 19.3. The topological polar surface area (TPSA) is 104 Å². The third-order valence-corrected chi connectivity index (χ3v) is 5.30. The lowest BCUT2D eigenvalue weighted by atomic mass is 9.82. The number of allylic oxidation sites excluding steroid dienone is 1. The minimum atomic E-state index is -1.14. The number of nitrogens with zero attached hydrogens (tertiary/aromatic N) is 1. The average molecular weight is 412 g/mol. The van der Waals surface area contributed by atoms with Crippen LogP contribution in [0, 0.1) is 17.8 Å². The standard InChI is InChI=1S/C22H37NO6/c1-7-8-9-14(2)10-15(3)17(12-19(25)29-22(4,5)6)20(26)23-13-16(24)11-18(23)21(27)28/h7,14-18,24H,1,8-13H2,2-6H3,(H,27,28)/t14?,15-,16-,17?,18+/m1/s1. The maximum Gasteiger partial charge on any atom is 0.326 e. The molecule has 1 heterocycles. The van der Waals surface area contributed by atoms with E-state index >= 15 is 0 Å². The summed E-state index contributed by atoms with van der Waals surface area (Å²) in [6.07, 6.45) is 3.41. The van der Waals surface area contributed by atoms with Crippen molar-refractivity contribution in [3.05, 3.63) is 12.7 Å². The van der Waals surface area contributed by atoms with Crippen LogP contribution in [0.25, 0.3) is 0 Å². The quantitative estimate of drug-likeness (QED) is 0.423. The van der Waals surface area contributed by atoms with Crippen molar-refractivity contribution in [3.8, 4) is 0 Å². The zero-order chi connectivity index (χ0) is 22.4. The molecule has 0 saturated carbocycles. The largest absolute Gasteiger partial charge is 0.480 e. The highest BCUT2D eigenvalue weighted by Gasteiger charge is 2.43. The molecule has 2 unspecified atom stereocenters. The van der Waals surface area contributed by atoms with Crippen molar-refractivity contribution >= 4 is 17.8 Å². The van der Waals surface area contributed by atoms with Crippen molar-refractivity contribution in [2.24, 2.45) is 17.8 Å². The smallest absolute Gasteiger partial charge is 0.326 e. The van der Waals surface area contributed by atoms with Gasteiger partial charge in [0.2, 0.25) is 5.91 Å². The van der Waals surface area contributed by atoms with Gasteiger partial charge in [-0.1, -0.05) is 19.9 Å². The number of hydrogen-bond acceptors (Lipinski definition) is 5. The molecule has 7 heteroatoms. The summed E-state index contributed by atoms with van der Waals surface area (Å²) in [6.45, 7) is 13.0. The second-order valence-corrected chi connectivity index (χ2v) is 9.32. The predicted molar refractivity (Wildman–Crippen MR) is 110 cm³/mol. The van der Waals surface area contributed by atoms with Crippen molar-refractivity contribution < 1.29 is 29.3 Å². The predicted octanol–water partition coefficient (Wildman–Crippen LogP) is 3.01. The monoisotopic (exact) mass is 411 g/mol. The number of carboxylic acid groups (broad SMARTS) is 1. The Morgan fingerprint density at radius 2 is 1.90 bits per heavy atom. The van der Waals surface area contributed by atoms with E-state index in [2.05, 4.69) is 13.5 Å². The number of β-amino-alcohol motifs (C(OH)–C–C–N with tert-alkyl or cyclic N) is 1. The highest BCUT2D eigenvalue weighted by Crippen LogP contribution is 2.31. The maximum absolute atomic E-state index is 13.3. The van der Waals surface area contributed by atoms with E-state index in [4.69, 9.17) is 4.74 Å². The summed E-state index contributed by atoms with van der Waals surface area (Å²) in [5.74, 6) is -2.52. The fourth-order valence-electron chi connectivity index (χ4n) is 3.92. The van der Waals surface area contributed by atoms with Crippen molar-refractivity contribution in [2.45, 2.75) is 84.5 Å². The van der Waals surface area contributed by atoms with Crippen molar-refractivity contribution in [2.75, 3.05) is 6.54 Å². The van der Waals surface area contributed by atoms with Crippen molar-refractivity contribution in [1.82, 2.24) is 4.90 Å². The number of rotatable bonds is 10. The highest BCUT2D eigenvalue weighted by atomic mass is 16.6. The molecule has 0 spiro atoms. The van der Waals surface area contributed by atoms with Gasteiger partial charge in [0.05, 0.1) is 18.4 Å². The van der Waals surface area contributed by atoms with Gasteiger partial charge in [-0.25, -0.2) is 4.79 Å². The number of carboxylic acids is 1. The first-order chi connectivity index (χ1) is 13.4. The van der Waals surface area contributed by atoms with E-state index in [1.54, 1.807) is 20.8 Å². The number of carbonyl (C=O) groups excluding carboxylic acids is 2. The Balaban J connectivity index is 3.01. The Morgan fingerprint density at radius 1 is 1.28 bits per heavy atom. The van der Waals surface area contributed by atoms with Crippen LogP contribution in [0.2, 0.25) is 0 Å². The van der Waals surface area contributed by atoms with Gasteiger partial charge in [0.15, 0.2) is 0 Å². The molecule has 1 aliphatic heterocycles. The minimum Gasteiger partial charge on any atom is -0.480 e. The molecule has 0 aliphatic carbocycles. The molecule has 7 nitrogen and oxygen atoms in total. The summed E-state index contributed by atoms with van der Waals surface area (Å²) in [4.78, 5) is 38.5. The van der Waals surface area contributed by atoms with Crippen LogP contribution in [0.5, 0.6) is 0 Å². The van der Waals surface area contributed by atoms with E-state index in [1.165, 1.54) is 4.90 Å². The molecule has 0 aromatic heterocycles. The fraction of sp³-hybridized carbons (Fsp3) is 0.773. The van der Waals surface area contributed by atoms with Gasteiger partial charge in [0.25, 0.3) is 0 Å². The van der Waals surface area contributed by atoms with Crippen LogP contribution in [0.4, 0.5) is 0 Å². The molecule has 29 heavy (non-hydrogen) atoms. The number of aliphatic hydroxyl groups is 1. The van der Waals surface area contributed by atoms with Crippen LogP contribution in [0.3, 0.4) is 0 Å². The molecule has 0 aromatic rings. The van der Waals surface area contributed by atoms with Gasteiger partial charge in [0, 0.05) is 13.0 Å². The molecule has 1 aliphatic rings. The van der Waals surface area contributed by atoms with Crippen molar-refractivity contribution in [3.63, 3.8) is 0 Å². The maximum atomic E-state index is 13.3. The second-order valence-electron chi connectivity index (χ2n) is 9.32. The minimum absolute atomic E-state index is 0.00431. The van der Waals surface area contributed by atoms with Crippen LogP contribution in [-0.2, 0) is 19.1 Å². The van der Waals surface area contributed by atoms with Crippen molar-refractivity contribution in [1.29, 1.82) is 0 Å². The average Bonchev–Trinajstić information content (AvgIpc) is 2.97. The van der Waals surface area contributed by atoms with E-state index in [-0.39, 0.29) is 25.3 Å². The number of ether oxygens (including phenoxy) is 1. The van der Waals surface area contributed by atoms with E-state index in [1.807, 2.05) is 13.0 Å². The van der Waals surface area contributed by atoms with Crippen LogP contribution < -0.4 is 0 Å². The van der Waals surface area contributed by atoms with Crippen LogP contribution in [0.1, 0.15) is 66.7 Å². The molecule has 2 N–H and O–H groups in total. The van der Waals surface area contributed by atoms with Gasteiger partial charge in [-0.05, 0) is 51.9 Å². The van der Waals surface area contributed by atoms with Crippen LogP contribution in [0.15, 0.2) is 12.7 Å². The summed E-state index contributed by atoms with van der Waals surface area (Å²) in [7, 11) is 0. The second kappa shape index (κ2) is 10.8. The van der Waals surface area contributed by atoms with Gasteiger partial charge in [-0.15, -0.1) is 6.58 Å². The van der Waals surface area contributed by atoms with Crippen LogP contribution >= 0.6 is 0 Å². The molecule has 1 saturated heterocycles. The molecular weight excluding hydrogens is 374 g/mol. The number of amides is 1. The lowest BCUT2D eigenvalue weighted by Gasteiger charge is -2.31. The third kappa shape index (κ3) is 8.17. The van der Waals surface area contributed by atoms with E-state index < -0.39 is 41.5 Å². The molecule has 1 amide bonds. The number of hydrogen-bond donors (Lipinski definition) is 2. The molecule has 0 aromatic carbocycles. The summed E-state index contributed by atoms with van der Waals surface area (Å²) in [5.41, 5.74) is -0.668. The number of likely N-dealkylation sites (tertiary alicyclic amines) is 1. The molecule has 1 fully saturated rings. The molecule has 166 valence electrons. The zero-order valence-electron chi connectivity index (χ0n) is 18.4. The SMILES string of the molecule is C=CCCC(C)C[C@@H](C)C(CC(=O)OC(C)(C)C)C(=O)N1C[C@H](O)C[C@H]1C(=O)O. The number of aliphatic carboxylic acids is 1. The molecule has 0 radical (unpaired) electrons. The van der Waals surface area contributed by atoms with Gasteiger partial charge in [-0.2, -0.15) is 0 Å². The normalized spacial score (nSPS) is 22.6. The first-order valence-electron chi connectivity index (χ1n) is 10.4. The molecule has 1 rings (SSSR count). The first kappa shape index (κ1) is 25.1. The van der Waals surface area contributed by atoms with E-state index in [0.29, 0.717) is 5.92 Å². The Kier molecular flexibility index (Phi) is 9.33. The first-order valence-corrected chi connectivity index (χ1v) is 10.4. The zero-order valence-corrected chi connectivity index (χ0v) is 18.4. The Bertz CT molecular complexity index is 597. The van der Waals surface area contributed by atoms with E-state index in [0.717, 1.165) is 19.3 Å². The lowest BCUT2D eigenvalue weighted by Crippen LogP contribution is -2.46. The fourth-order valence-corrected chi connectivity index (χ4v) is 3.92. The molecule has 5 atom stereocenters. The Morgan fingerprint density at radius 3 is 2.41 bits per heavy atom. The number of carbonyl (C=O) groups is 3. The summed E-state index contributed by atoms with van der Waals surface area (Å²) in [6, 6.07) is -1.07. The van der Waals surface area contributed by atoms with Gasteiger partial charge in [0.1, 0.15) is 11.6 Å². The third-order valence-electron chi connectivity index (χ3n) is 5.30. The van der Waals surface area contributed by atoms with E-state index in [9.17, 15) is 24.6 Å². The number of esters is 1. The van der Waals surface area contributed by atoms with Gasteiger partial charge < -0.3 is 19.8 Å².